The van der Waals surface area contributed by atoms with Crippen LogP contribution in [0.1, 0.15) is 33.7 Å². The van der Waals surface area contributed by atoms with Crippen LogP contribution >= 0.6 is 0 Å². The van der Waals surface area contributed by atoms with E-state index in [1.165, 1.54) is 19.5 Å². The quantitative estimate of drug-likeness (QED) is 0.759. The highest BCUT2D eigenvalue weighted by molar-refractivity contribution is 6.08. The topological polar surface area (TPSA) is 119 Å². The molecule has 1 aliphatic carbocycles. The summed E-state index contributed by atoms with van der Waals surface area (Å²) in [5.74, 6) is 0.0185. The lowest BCUT2D eigenvalue weighted by Crippen LogP contribution is -2.27. The molecular formula is C16H17N5O3. The van der Waals surface area contributed by atoms with Crippen molar-refractivity contribution in [1.29, 1.82) is 0 Å². The predicted molar refractivity (Wildman–Crippen MR) is 87.9 cm³/mol. The van der Waals surface area contributed by atoms with Crippen molar-refractivity contribution in [2.45, 2.75) is 18.9 Å². The molecule has 2 amide bonds. The number of nitrogens with two attached hydrogens (primary N) is 1. The van der Waals surface area contributed by atoms with E-state index in [2.05, 4.69) is 20.6 Å². The number of hydrogen-bond acceptors (Lipinski definition) is 6. The van der Waals surface area contributed by atoms with Gasteiger partial charge in [0.15, 0.2) is 0 Å². The Balaban J connectivity index is 1.84. The molecule has 1 heterocycles. The first-order valence-electron chi connectivity index (χ1n) is 7.44. The molecule has 0 atom stereocenters. The largest absolute Gasteiger partial charge is 0.497 e. The van der Waals surface area contributed by atoms with Gasteiger partial charge in [0.1, 0.15) is 17.3 Å². The van der Waals surface area contributed by atoms with Crippen molar-refractivity contribution >= 4 is 23.3 Å². The van der Waals surface area contributed by atoms with Crippen LogP contribution in [0.15, 0.2) is 30.6 Å². The number of amides is 2. The van der Waals surface area contributed by atoms with E-state index >= 15 is 0 Å². The van der Waals surface area contributed by atoms with E-state index in [0.29, 0.717) is 17.0 Å². The summed E-state index contributed by atoms with van der Waals surface area (Å²) < 4.78 is 5.15. The Bertz CT molecular complexity index is 772. The molecule has 24 heavy (non-hydrogen) atoms. The fraction of sp³-hybridized carbons (Fsp3) is 0.250. The number of aromatic nitrogens is 2. The maximum atomic E-state index is 12.4. The van der Waals surface area contributed by atoms with E-state index in [4.69, 9.17) is 10.5 Å². The average Bonchev–Trinajstić information content (AvgIpc) is 3.39. The number of nitrogen functional groups attached to an aromatic ring is 1. The summed E-state index contributed by atoms with van der Waals surface area (Å²) in [4.78, 5) is 32.4. The van der Waals surface area contributed by atoms with Gasteiger partial charge in [0, 0.05) is 6.04 Å². The van der Waals surface area contributed by atoms with Crippen LogP contribution in [0, 0.1) is 0 Å². The molecule has 0 unspecified atom stereocenters. The van der Waals surface area contributed by atoms with Crippen molar-refractivity contribution in [2.75, 3.05) is 18.2 Å². The number of nitrogens with zero attached hydrogens (tertiary/aromatic N) is 2. The highest BCUT2D eigenvalue weighted by Gasteiger charge is 2.25. The zero-order valence-corrected chi connectivity index (χ0v) is 13.1. The Kier molecular flexibility index (Phi) is 4.28. The number of nitrogens with one attached hydrogen (secondary N) is 2. The number of methoxy groups -OCH3 is 1. The van der Waals surface area contributed by atoms with Crippen molar-refractivity contribution in [3.63, 3.8) is 0 Å². The molecule has 1 aromatic carbocycles. The highest BCUT2D eigenvalue weighted by Crippen LogP contribution is 2.25. The molecule has 1 fully saturated rings. The normalized spacial score (nSPS) is 13.2. The minimum atomic E-state index is -0.479. The molecular weight excluding hydrogens is 310 g/mol. The van der Waals surface area contributed by atoms with Gasteiger partial charge in [-0.3, -0.25) is 9.59 Å². The van der Waals surface area contributed by atoms with Crippen LogP contribution in [0.2, 0.25) is 0 Å². The molecule has 1 aromatic heterocycles. The van der Waals surface area contributed by atoms with E-state index < -0.39 is 5.91 Å². The molecule has 0 aliphatic heterocycles. The third-order valence-electron chi connectivity index (χ3n) is 3.54. The Morgan fingerprint density at radius 2 is 2.00 bits per heavy atom. The van der Waals surface area contributed by atoms with Crippen LogP contribution in [0.5, 0.6) is 5.75 Å². The summed E-state index contributed by atoms with van der Waals surface area (Å²) in [6, 6.07) is 5.07. The molecule has 8 nitrogen and oxygen atoms in total. The monoisotopic (exact) mass is 327 g/mol. The molecule has 4 N–H and O–H groups in total. The molecule has 0 saturated heterocycles. The second-order valence-electron chi connectivity index (χ2n) is 5.44. The van der Waals surface area contributed by atoms with Gasteiger partial charge in [-0.1, -0.05) is 0 Å². The third-order valence-corrected chi connectivity index (χ3v) is 3.54. The SMILES string of the molecule is COc1ccc(NC(=O)c2cnc(N)cn2)c(C(=O)NC2CC2)c1. The minimum Gasteiger partial charge on any atom is -0.497 e. The molecule has 0 radical (unpaired) electrons. The molecule has 0 spiro atoms. The number of benzene rings is 1. The highest BCUT2D eigenvalue weighted by atomic mass is 16.5. The second kappa shape index (κ2) is 6.53. The lowest BCUT2D eigenvalue weighted by atomic mass is 10.1. The number of anilines is 2. The molecule has 0 bridgehead atoms. The second-order valence-corrected chi connectivity index (χ2v) is 5.44. The fourth-order valence-electron chi connectivity index (χ4n) is 2.08. The number of carbonyl (C=O) groups excluding carboxylic acids is 2. The molecule has 3 rings (SSSR count). The smallest absolute Gasteiger partial charge is 0.275 e. The van der Waals surface area contributed by atoms with Gasteiger partial charge >= 0.3 is 0 Å². The molecule has 124 valence electrons. The maximum absolute atomic E-state index is 12.4. The number of rotatable bonds is 5. The van der Waals surface area contributed by atoms with E-state index in [0.717, 1.165) is 12.8 Å². The fourth-order valence-corrected chi connectivity index (χ4v) is 2.08. The molecule has 8 heteroatoms. The van der Waals surface area contributed by atoms with Crippen LogP contribution in [-0.2, 0) is 0 Å². The van der Waals surface area contributed by atoms with E-state index in [1.54, 1.807) is 18.2 Å². The zero-order valence-electron chi connectivity index (χ0n) is 13.1. The van der Waals surface area contributed by atoms with Gasteiger partial charge in [0.05, 0.1) is 30.8 Å². The van der Waals surface area contributed by atoms with Gasteiger partial charge in [-0.2, -0.15) is 0 Å². The maximum Gasteiger partial charge on any atom is 0.275 e. The number of hydrogen-bond donors (Lipinski definition) is 3. The van der Waals surface area contributed by atoms with Crippen LogP contribution in [0.4, 0.5) is 11.5 Å². The molecule has 2 aromatic rings. The van der Waals surface area contributed by atoms with Crippen molar-refractivity contribution in [1.82, 2.24) is 15.3 Å². The van der Waals surface area contributed by atoms with E-state index in [1.807, 2.05) is 0 Å². The van der Waals surface area contributed by atoms with Crippen LogP contribution in [0.3, 0.4) is 0 Å². The molecule has 1 aliphatic rings. The van der Waals surface area contributed by atoms with E-state index in [9.17, 15) is 9.59 Å². The Morgan fingerprint density at radius 3 is 2.62 bits per heavy atom. The summed E-state index contributed by atoms with van der Waals surface area (Å²) in [6.45, 7) is 0. The minimum absolute atomic E-state index is 0.105. The summed E-state index contributed by atoms with van der Waals surface area (Å²) in [5, 5.41) is 5.57. The predicted octanol–water partition coefficient (Wildman–Crippen LogP) is 1.21. The van der Waals surface area contributed by atoms with Crippen LogP contribution in [0.25, 0.3) is 0 Å². The summed E-state index contributed by atoms with van der Waals surface area (Å²) >= 11 is 0. The Hall–Kier alpha value is -3.16. The van der Waals surface area contributed by atoms with Gasteiger partial charge in [-0.05, 0) is 31.0 Å². The number of carbonyl (C=O) groups is 2. The van der Waals surface area contributed by atoms with Crippen LogP contribution < -0.4 is 21.1 Å². The molecule has 1 saturated carbocycles. The standard InChI is InChI=1S/C16H17N5O3/c1-24-10-4-5-12(11(6-10)15(22)20-9-2-3-9)21-16(23)13-7-19-14(17)8-18-13/h4-9H,2-3H2,1H3,(H2,17,19)(H,20,22)(H,21,23). The van der Waals surface area contributed by atoms with Gasteiger partial charge in [0.2, 0.25) is 0 Å². The van der Waals surface area contributed by atoms with Gasteiger partial charge in [-0.15, -0.1) is 0 Å². The Morgan fingerprint density at radius 1 is 1.21 bits per heavy atom. The first-order chi connectivity index (χ1) is 11.6. The summed E-state index contributed by atoms with van der Waals surface area (Å²) in [6.07, 6.45) is 4.51. The lowest BCUT2D eigenvalue weighted by molar-refractivity contribution is 0.0951. The van der Waals surface area contributed by atoms with Crippen molar-refractivity contribution < 1.29 is 14.3 Å². The third kappa shape index (κ3) is 3.60. The average molecular weight is 327 g/mol. The van der Waals surface area contributed by atoms with Crippen molar-refractivity contribution in [3.8, 4) is 5.75 Å². The first-order valence-corrected chi connectivity index (χ1v) is 7.44. The lowest BCUT2D eigenvalue weighted by Gasteiger charge is -2.12. The summed E-state index contributed by atoms with van der Waals surface area (Å²) in [7, 11) is 1.51. The Labute approximate surface area is 138 Å². The first kappa shape index (κ1) is 15.7. The van der Waals surface area contributed by atoms with Crippen molar-refractivity contribution in [3.05, 3.63) is 41.9 Å². The number of ether oxygens (including phenoxy) is 1. The van der Waals surface area contributed by atoms with E-state index in [-0.39, 0.29) is 23.5 Å². The zero-order chi connectivity index (χ0) is 17.1. The van der Waals surface area contributed by atoms with Gasteiger partial charge < -0.3 is 21.1 Å². The van der Waals surface area contributed by atoms with Gasteiger partial charge in [-0.25, -0.2) is 9.97 Å². The van der Waals surface area contributed by atoms with Gasteiger partial charge in [0.25, 0.3) is 11.8 Å². The van der Waals surface area contributed by atoms with Crippen LogP contribution in [-0.4, -0.2) is 34.9 Å². The van der Waals surface area contributed by atoms with Crippen molar-refractivity contribution in [2.24, 2.45) is 0 Å². The summed E-state index contributed by atoms with van der Waals surface area (Å²) in [5.41, 5.74) is 6.26.